The number of aryl methyl sites for hydroxylation is 1. The number of rotatable bonds is 12. The molecule has 3 aromatic carbocycles. The van der Waals surface area contributed by atoms with E-state index in [1.807, 2.05) is 31.2 Å². The van der Waals surface area contributed by atoms with E-state index in [0.29, 0.717) is 47.3 Å². The van der Waals surface area contributed by atoms with Gasteiger partial charge in [0, 0.05) is 37.9 Å². The molecule has 0 radical (unpaired) electrons. The molecule has 3 N–H and O–H groups in total. The lowest BCUT2D eigenvalue weighted by molar-refractivity contribution is 0.0650. The van der Waals surface area contributed by atoms with E-state index < -0.39 is 38.0 Å². The summed E-state index contributed by atoms with van der Waals surface area (Å²) in [5, 5.41) is 24.6. The predicted molar refractivity (Wildman–Crippen MR) is 185 cm³/mol. The fraction of sp³-hybridized carbons (Fsp3) is 0.459. The average molecular weight is 665 g/mol. The molecule has 0 aliphatic carbocycles. The molecule has 1 saturated heterocycles. The molecule has 47 heavy (non-hydrogen) atoms. The highest BCUT2D eigenvalue weighted by Crippen LogP contribution is 2.42. The van der Waals surface area contributed by atoms with Gasteiger partial charge in [-0.2, -0.15) is 0 Å². The Morgan fingerprint density at radius 3 is 2.38 bits per heavy atom. The molecule has 4 rings (SSSR count). The van der Waals surface area contributed by atoms with E-state index in [1.54, 1.807) is 48.4 Å². The summed E-state index contributed by atoms with van der Waals surface area (Å²) in [7, 11) is -0.656. The van der Waals surface area contributed by atoms with Crippen molar-refractivity contribution in [2.24, 2.45) is 0 Å². The van der Waals surface area contributed by atoms with Crippen LogP contribution < -0.4 is 5.32 Å². The van der Waals surface area contributed by atoms with Gasteiger partial charge in [0.15, 0.2) is 8.32 Å². The number of carboxylic acid groups (broad SMARTS) is 1. The summed E-state index contributed by atoms with van der Waals surface area (Å²) < 4.78 is 27.5. The number of nitrogens with one attached hydrogen (secondary N) is 1. The second kappa shape index (κ2) is 14.7. The number of methoxy groups -OCH3 is 1. The van der Waals surface area contributed by atoms with Gasteiger partial charge in [-0.3, -0.25) is 4.79 Å². The number of ether oxygens (including phenoxy) is 1. The summed E-state index contributed by atoms with van der Waals surface area (Å²) in [6.07, 6.45) is -0.122. The predicted octanol–water partition coefficient (Wildman–Crippen LogP) is 7.34. The van der Waals surface area contributed by atoms with E-state index in [9.17, 15) is 19.8 Å². The topological polar surface area (TPSA) is 108 Å². The maximum absolute atomic E-state index is 15.7. The Hall–Kier alpha value is -3.57. The molecule has 3 aromatic rings. The van der Waals surface area contributed by atoms with Gasteiger partial charge in [0.2, 0.25) is 0 Å². The molecule has 2 amide bonds. The highest BCUT2D eigenvalue weighted by atomic mass is 28.4. The number of hydrogen-bond donors (Lipinski definition) is 3. The molecule has 1 aliphatic rings. The van der Waals surface area contributed by atoms with Crippen LogP contribution in [0.25, 0.3) is 11.1 Å². The van der Waals surface area contributed by atoms with Gasteiger partial charge in [0.05, 0.1) is 12.1 Å². The highest BCUT2D eigenvalue weighted by molar-refractivity contribution is 6.74. The molecule has 1 fully saturated rings. The van der Waals surface area contributed by atoms with Crippen molar-refractivity contribution in [3.63, 3.8) is 0 Å². The lowest BCUT2D eigenvalue weighted by Gasteiger charge is -2.39. The zero-order valence-electron chi connectivity index (χ0n) is 28.6. The number of benzene rings is 3. The average Bonchev–Trinajstić information content (AvgIpc) is 3.38. The molecule has 8 nitrogen and oxygen atoms in total. The van der Waals surface area contributed by atoms with Gasteiger partial charge in [-0.25, -0.2) is 9.18 Å². The third-order valence-electron chi connectivity index (χ3n) is 9.60. The second-order valence-electron chi connectivity index (χ2n) is 14.1. The number of unbranched alkanes of at least 4 members (excludes halogenated alkanes) is 1. The van der Waals surface area contributed by atoms with Crippen molar-refractivity contribution >= 4 is 20.3 Å². The lowest BCUT2D eigenvalue weighted by atomic mass is 9.78. The molecular formula is C37H49FN2O6Si. The van der Waals surface area contributed by atoms with Crippen LogP contribution in [0.2, 0.25) is 18.1 Å². The Morgan fingerprint density at radius 1 is 1.02 bits per heavy atom. The summed E-state index contributed by atoms with van der Waals surface area (Å²) in [5.74, 6) is -0.747. The number of carbonyl (C=O) groups excluding carboxylic acids is 1. The van der Waals surface area contributed by atoms with Crippen LogP contribution in [0.1, 0.15) is 67.1 Å². The monoisotopic (exact) mass is 664 g/mol. The third kappa shape index (κ3) is 8.30. The van der Waals surface area contributed by atoms with Crippen LogP contribution >= 0.6 is 0 Å². The Kier molecular flexibility index (Phi) is 11.3. The van der Waals surface area contributed by atoms with E-state index >= 15 is 4.39 Å². The van der Waals surface area contributed by atoms with Gasteiger partial charge >= 0.3 is 6.09 Å². The Balaban J connectivity index is 1.73. The maximum Gasteiger partial charge on any atom is 0.405 e. The molecule has 1 aliphatic heterocycles. The van der Waals surface area contributed by atoms with Gasteiger partial charge in [0.1, 0.15) is 11.4 Å². The van der Waals surface area contributed by atoms with Crippen molar-refractivity contribution in [3.05, 3.63) is 94.8 Å². The minimum absolute atomic E-state index is 0.103. The zero-order chi connectivity index (χ0) is 34.6. The zero-order valence-corrected chi connectivity index (χ0v) is 29.6. The number of likely N-dealkylation sites (tertiary alicyclic amines) is 1. The molecule has 0 spiro atoms. The number of carbonyl (C=O) groups is 2. The minimum atomic E-state index is -2.28. The van der Waals surface area contributed by atoms with E-state index in [2.05, 4.69) is 39.2 Å². The van der Waals surface area contributed by atoms with Gasteiger partial charge in [-0.05, 0) is 79.2 Å². The molecular weight excluding hydrogens is 615 g/mol. The summed E-state index contributed by atoms with van der Waals surface area (Å²) >= 11 is 0. The first-order valence-corrected chi connectivity index (χ1v) is 19.1. The van der Waals surface area contributed by atoms with Crippen molar-refractivity contribution < 1.29 is 33.4 Å². The van der Waals surface area contributed by atoms with Gasteiger partial charge in [0.25, 0.3) is 5.91 Å². The molecule has 0 saturated carbocycles. The second-order valence-corrected chi connectivity index (χ2v) is 18.9. The van der Waals surface area contributed by atoms with Crippen molar-refractivity contribution in [3.8, 4) is 11.1 Å². The standard InChI is InChI=1S/C37H49FN2O6Si/c1-25-13-10-14-26(21-25)33-29(17-12-18-30(33)38)37(44,19-8-9-20-45-5)28-16-11-15-27(22-28)34(41)40-23-31(39-35(42)43)32(24-40)46-47(6,7)36(2,3)4/h10-18,21-22,31-32,39,44H,8-9,19-20,23-24H2,1-7H3,(H,42,43)/t31-,32+,37?/m1/s1. The summed E-state index contributed by atoms with van der Waals surface area (Å²) in [4.78, 5) is 27.3. The van der Waals surface area contributed by atoms with E-state index in [1.165, 1.54) is 6.07 Å². The van der Waals surface area contributed by atoms with Crippen LogP contribution in [0, 0.1) is 12.7 Å². The van der Waals surface area contributed by atoms with Crippen LogP contribution in [0.3, 0.4) is 0 Å². The summed E-state index contributed by atoms with van der Waals surface area (Å²) in [5.41, 5.74) is 1.53. The summed E-state index contributed by atoms with van der Waals surface area (Å²) in [6.45, 7) is 13.4. The third-order valence-corrected chi connectivity index (χ3v) is 14.1. The fourth-order valence-corrected chi connectivity index (χ4v) is 7.38. The molecule has 254 valence electrons. The van der Waals surface area contributed by atoms with Crippen molar-refractivity contribution in [1.82, 2.24) is 10.2 Å². The molecule has 0 aromatic heterocycles. The van der Waals surface area contributed by atoms with Crippen molar-refractivity contribution in [2.75, 3.05) is 26.8 Å². The smallest absolute Gasteiger partial charge is 0.405 e. The largest absolute Gasteiger partial charge is 0.465 e. The van der Waals surface area contributed by atoms with Crippen LogP contribution in [0.4, 0.5) is 9.18 Å². The first kappa shape index (κ1) is 36.3. The quantitative estimate of drug-likeness (QED) is 0.138. The SMILES string of the molecule is COCCCCC(O)(c1cccc(C(=O)N2C[C@H](O[Si](C)(C)C(C)(C)C)[C@H](NC(=O)O)C2)c1)c1cccc(F)c1-c1cccc(C)c1. The highest BCUT2D eigenvalue weighted by Gasteiger charge is 2.45. The van der Waals surface area contributed by atoms with Crippen LogP contribution in [0.5, 0.6) is 0 Å². The maximum atomic E-state index is 15.7. The van der Waals surface area contributed by atoms with Gasteiger partial charge in [-0.15, -0.1) is 0 Å². The lowest BCUT2D eigenvalue weighted by Crippen LogP contribution is -2.51. The van der Waals surface area contributed by atoms with Gasteiger partial charge in [-0.1, -0.05) is 74.9 Å². The Bertz CT molecular complexity index is 1570. The molecule has 10 heteroatoms. The van der Waals surface area contributed by atoms with Crippen LogP contribution in [-0.2, 0) is 14.8 Å². The fourth-order valence-electron chi connectivity index (χ4n) is 6.03. The Morgan fingerprint density at radius 2 is 1.72 bits per heavy atom. The number of hydrogen-bond acceptors (Lipinski definition) is 5. The van der Waals surface area contributed by atoms with Crippen LogP contribution in [-0.4, -0.2) is 74.4 Å². The normalized spacial score (nSPS) is 18.2. The number of halogens is 1. The van der Waals surface area contributed by atoms with E-state index in [-0.39, 0.29) is 30.5 Å². The van der Waals surface area contributed by atoms with E-state index in [4.69, 9.17) is 9.16 Å². The minimum Gasteiger partial charge on any atom is -0.465 e. The van der Waals surface area contributed by atoms with Crippen molar-refractivity contribution in [1.29, 1.82) is 0 Å². The number of aliphatic hydroxyl groups is 1. The Labute approximate surface area is 279 Å². The number of amides is 2. The summed E-state index contributed by atoms with van der Waals surface area (Å²) in [6, 6.07) is 18.5. The van der Waals surface area contributed by atoms with Crippen LogP contribution in [0.15, 0.2) is 66.7 Å². The van der Waals surface area contributed by atoms with Crippen molar-refractivity contribution in [2.45, 2.75) is 82.8 Å². The van der Waals surface area contributed by atoms with E-state index in [0.717, 1.165) is 5.56 Å². The number of nitrogens with zero attached hydrogens (tertiary/aromatic N) is 1. The molecule has 1 heterocycles. The first-order chi connectivity index (χ1) is 22.1. The molecule has 1 unspecified atom stereocenters. The first-order valence-electron chi connectivity index (χ1n) is 16.2. The molecule has 0 bridgehead atoms. The molecule has 3 atom stereocenters. The van der Waals surface area contributed by atoms with Gasteiger partial charge < -0.3 is 29.6 Å².